The predicted octanol–water partition coefficient (Wildman–Crippen LogP) is 4.36. The van der Waals surface area contributed by atoms with Gasteiger partial charge in [0, 0.05) is 9.75 Å². The first-order valence-electron chi connectivity index (χ1n) is 10.8. The summed E-state index contributed by atoms with van der Waals surface area (Å²) >= 11 is 2.93. The summed E-state index contributed by atoms with van der Waals surface area (Å²) in [6.45, 7) is 4.26. The van der Waals surface area contributed by atoms with Crippen LogP contribution >= 0.6 is 22.7 Å². The second-order valence-electron chi connectivity index (χ2n) is 7.32. The van der Waals surface area contributed by atoms with E-state index in [0.717, 1.165) is 43.5 Å². The van der Waals surface area contributed by atoms with Crippen molar-refractivity contribution in [3.05, 3.63) is 31.2 Å². The molecule has 0 bridgehead atoms. The number of Topliss-reactive ketones (excluding diaryl/α,β-unsaturated/α-hetero) is 1. The number of rotatable bonds is 6. The first-order valence-corrected chi connectivity index (χ1v) is 12.5. The third-order valence-corrected chi connectivity index (χ3v) is 7.33. The number of ether oxygens (including phenoxy) is 2. The van der Waals surface area contributed by atoms with E-state index in [2.05, 4.69) is 9.97 Å². The van der Waals surface area contributed by atoms with Crippen molar-refractivity contribution in [3.8, 4) is 0 Å². The Morgan fingerprint density at radius 3 is 1.84 bits per heavy atom. The first-order chi connectivity index (χ1) is 15.0. The Balaban J connectivity index is 0.000000179. The number of aryl methyl sites for hydroxylation is 4. The number of hydrogen-bond acceptors (Lipinski definition) is 9. The lowest BCUT2D eigenvalue weighted by Gasteiger charge is -2.06. The van der Waals surface area contributed by atoms with Crippen LogP contribution in [0.3, 0.4) is 0 Å². The highest BCUT2D eigenvalue weighted by molar-refractivity contribution is 7.14. The molecule has 0 spiro atoms. The van der Waals surface area contributed by atoms with Gasteiger partial charge >= 0.3 is 11.9 Å². The Morgan fingerprint density at radius 2 is 1.29 bits per heavy atom. The van der Waals surface area contributed by atoms with Crippen LogP contribution in [0, 0.1) is 0 Å². The minimum Gasteiger partial charge on any atom is -0.466 e. The van der Waals surface area contributed by atoms with Gasteiger partial charge in [0.2, 0.25) is 10.8 Å². The summed E-state index contributed by atoms with van der Waals surface area (Å²) in [6.07, 6.45) is 8.59. The monoisotopic (exact) mass is 464 g/mol. The summed E-state index contributed by atoms with van der Waals surface area (Å²) in [7, 11) is 0. The lowest BCUT2D eigenvalue weighted by molar-refractivity contribution is -0.141. The van der Waals surface area contributed by atoms with E-state index in [4.69, 9.17) is 9.47 Å². The summed E-state index contributed by atoms with van der Waals surface area (Å²) in [4.78, 5) is 45.5. The summed E-state index contributed by atoms with van der Waals surface area (Å²) < 4.78 is 9.67. The molecule has 0 saturated heterocycles. The van der Waals surface area contributed by atoms with Gasteiger partial charge in [-0.15, -0.1) is 22.7 Å². The number of ketones is 1. The van der Waals surface area contributed by atoms with Gasteiger partial charge in [-0.2, -0.15) is 0 Å². The molecular weight excluding hydrogens is 436 g/mol. The van der Waals surface area contributed by atoms with Crippen molar-refractivity contribution in [1.82, 2.24) is 9.97 Å². The topological polar surface area (TPSA) is 95.5 Å². The molecule has 2 aromatic rings. The molecule has 7 nitrogen and oxygen atoms in total. The Labute approximate surface area is 190 Å². The van der Waals surface area contributed by atoms with Crippen LogP contribution in [0.5, 0.6) is 0 Å². The molecule has 2 aliphatic carbocycles. The summed E-state index contributed by atoms with van der Waals surface area (Å²) in [5.74, 6) is -0.958. The van der Waals surface area contributed by atoms with Gasteiger partial charge in [-0.3, -0.25) is 9.59 Å². The molecule has 2 heterocycles. The predicted molar refractivity (Wildman–Crippen MR) is 119 cm³/mol. The molecular formula is C22H28N2O5S2. The Kier molecular flexibility index (Phi) is 8.71. The molecule has 0 aromatic carbocycles. The van der Waals surface area contributed by atoms with Gasteiger partial charge in [0.1, 0.15) is 6.42 Å². The molecule has 2 aromatic heterocycles. The fraction of sp³-hybridized carbons (Fsp3) is 0.591. The van der Waals surface area contributed by atoms with Crippen LogP contribution in [0.4, 0.5) is 0 Å². The maximum Gasteiger partial charge on any atom is 0.367 e. The number of carbonyl (C=O) groups excluding carboxylic acids is 3. The van der Waals surface area contributed by atoms with Crippen molar-refractivity contribution < 1.29 is 23.9 Å². The van der Waals surface area contributed by atoms with E-state index in [0.29, 0.717) is 23.2 Å². The maximum absolute atomic E-state index is 11.8. The third-order valence-electron chi connectivity index (χ3n) is 4.99. The fourth-order valence-corrected chi connectivity index (χ4v) is 5.65. The van der Waals surface area contributed by atoms with Crippen LogP contribution in [-0.2, 0) is 40.0 Å². The second kappa shape index (κ2) is 11.5. The highest BCUT2D eigenvalue weighted by Crippen LogP contribution is 2.28. The van der Waals surface area contributed by atoms with Gasteiger partial charge in [-0.05, 0) is 65.2 Å². The highest BCUT2D eigenvalue weighted by Gasteiger charge is 2.21. The number of nitrogens with zero attached hydrogens (tertiary/aromatic N) is 2. The zero-order valence-electron chi connectivity index (χ0n) is 18.0. The minimum atomic E-state index is -0.467. The van der Waals surface area contributed by atoms with Crippen molar-refractivity contribution in [2.24, 2.45) is 0 Å². The van der Waals surface area contributed by atoms with E-state index in [-0.39, 0.29) is 18.2 Å². The second-order valence-corrected chi connectivity index (χ2v) is 9.48. The number of hydrogen-bond donors (Lipinski definition) is 0. The fourth-order valence-electron chi connectivity index (χ4n) is 3.52. The average molecular weight is 465 g/mol. The lowest BCUT2D eigenvalue weighted by Crippen LogP contribution is -2.11. The molecule has 0 fully saturated rings. The Morgan fingerprint density at radius 1 is 0.774 bits per heavy atom. The summed E-state index contributed by atoms with van der Waals surface area (Å²) in [5, 5.41) is 0.990. The lowest BCUT2D eigenvalue weighted by atomic mass is 10.0. The van der Waals surface area contributed by atoms with Crippen LogP contribution < -0.4 is 0 Å². The molecule has 0 radical (unpaired) electrons. The van der Waals surface area contributed by atoms with Crippen LogP contribution in [0.1, 0.15) is 86.7 Å². The molecule has 4 rings (SSSR count). The largest absolute Gasteiger partial charge is 0.466 e. The van der Waals surface area contributed by atoms with E-state index in [1.54, 1.807) is 6.92 Å². The standard InChI is InChI=1S/C12H15NO3S.C10H13NO2S/c1-2-16-11(15)7-9(14)12-13-8-5-3-4-6-10(8)17-12;1-2-13-10(12)9-11-7-5-3-4-6-8(7)14-9/h2-7H2,1H3;2-6H2,1H3. The first kappa shape index (κ1) is 23.5. The molecule has 0 atom stereocenters. The van der Waals surface area contributed by atoms with Crippen molar-refractivity contribution in [3.63, 3.8) is 0 Å². The zero-order chi connectivity index (χ0) is 22.2. The van der Waals surface area contributed by atoms with Gasteiger partial charge in [0.05, 0.1) is 24.6 Å². The number of fused-ring (bicyclic) bond motifs is 2. The number of thiazole rings is 2. The average Bonchev–Trinajstić information content (AvgIpc) is 3.39. The van der Waals surface area contributed by atoms with Crippen LogP contribution in [0.2, 0.25) is 0 Å². The molecule has 0 saturated carbocycles. The Hall–Kier alpha value is -2.13. The minimum absolute atomic E-state index is 0.194. The van der Waals surface area contributed by atoms with E-state index in [1.165, 1.54) is 51.7 Å². The number of esters is 2. The summed E-state index contributed by atoms with van der Waals surface area (Å²) in [6, 6.07) is 0. The molecule has 31 heavy (non-hydrogen) atoms. The molecule has 2 aliphatic rings. The Bertz CT molecular complexity index is 887. The van der Waals surface area contributed by atoms with Crippen LogP contribution in [0.25, 0.3) is 0 Å². The molecule has 9 heteroatoms. The molecule has 0 amide bonds. The van der Waals surface area contributed by atoms with Crippen LogP contribution in [0.15, 0.2) is 0 Å². The van der Waals surface area contributed by atoms with E-state index in [1.807, 2.05) is 6.92 Å². The number of carbonyl (C=O) groups is 3. The molecule has 0 unspecified atom stereocenters. The highest BCUT2D eigenvalue weighted by atomic mass is 32.1. The normalized spacial score (nSPS) is 14.5. The van der Waals surface area contributed by atoms with E-state index < -0.39 is 5.97 Å². The van der Waals surface area contributed by atoms with E-state index in [9.17, 15) is 14.4 Å². The van der Waals surface area contributed by atoms with Crippen LogP contribution in [-0.4, -0.2) is 40.9 Å². The zero-order valence-corrected chi connectivity index (χ0v) is 19.7. The van der Waals surface area contributed by atoms with Crippen molar-refractivity contribution in [2.75, 3.05) is 13.2 Å². The van der Waals surface area contributed by atoms with Gasteiger partial charge < -0.3 is 9.47 Å². The SMILES string of the molecule is CCOC(=O)CC(=O)c1nc2c(s1)CCCC2.CCOC(=O)c1nc2c(s1)CCCC2. The summed E-state index contributed by atoms with van der Waals surface area (Å²) in [5.41, 5.74) is 2.16. The van der Waals surface area contributed by atoms with Gasteiger partial charge in [0.15, 0.2) is 5.01 Å². The molecule has 0 N–H and O–H groups in total. The van der Waals surface area contributed by atoms with E-state index >= 15 is 0 Å². The smallest absolute Gasteiger partial charge is 0.367 e. The number of aromatic nitrogens is 2. The quantitative estimate of drug-likeness (QED) is 0.356. The van der Waals surface area contributed by atoms with Gasteiger partial charge in [-0.25, -0.2) is 14.8 Å². The molecule has 0 aliphatic heterocycles. The molecule has 168 valence electrons. The van der Waals surface area contributed by atoms with Gasteiger partial charge in [0.25, 0.3) is 0 Å². The van der Waals surface area contributed by atoms with Crippen molar-refractivity contribution in [2.45, 2.75) is 71.6 Å². The third kappa shape index (κ3) is 6.43. The maximum atomic E-state index is 11.8. The van der Waals surface area contributed by atoms with Crippen molar-refractivity contribution in [1.29, 1.82) is 0 Å². The van der Waals surface area contributed by atoms with Gasteiger partial charge in [-0.1, -0.05) is 0 Å². The van der Waals surface area contributed by atoms with Crippen molar-refractivity contribution >= 4 is 40.4 Å².